The third kappa shape index (κ3) is 4.33. The number of amides is 1. The lowest BCUT2D eigenvalue weighted by Gasteiger charge is -2.04. The molecule has 102 valence electrons. The summed E-state index contributed by atoms with van der Waals surface area (Å²) in [6.07, 6.45) is 0.406. The number of nitrogens with zero attached hydrogens (tertiary/aromatic N) is 3. The van der Waals surface area contributed by atoms with Gasteiger partial charge in [0.05, 0.1) is 11.6 Å². The van der Waals surface area contributed by atoms with Gasteiger partial charge in [0.2, 0.25) is 5.91 Å². The third-order valence-corrected chi connectivity index (χ3v) is 4.33. The normalized spacial score (nSPS) is 10.0. The molecule has 1 aromatic carbocycles. The molecule has 1 amide bonds. The van der Waals surface area contributed by atoms with E-state index in [1.165, 1.54) is 23.1 Å². The van der Waals surface area contributed by atoms with E-state index in [4.69, 9.17) is 5.26 Å². The number of carbonyl (C=O) groups is 1. The first kappa shape index (κ1) is 14.5. The van der Waals surface area contributed by atoms with E-state index < -0.39 is 0 Å². The van der Waals surface area contributed by atoms with Gasteiger partial charge < -0.3 is 5.32 Å². The number of aryl methyl sites for hydroxylation is 1. The Morgan fingerprint density at radius 2 is 2.15 bits per heavy atom. The lowest BCUT2D eigenvalue weighted by Crippen LogP contribution is -2.12. The lowest BCUT2D eigenvalue weighted by molar-refractivity contribution is -0.115. The lowest BCUT2D eigenvalue weighted by atomic mass is 10.2. The second-order valence-corrected chi connectivity index (χ2v) is 6.45. The van der Waals surface area contributed by atoms with Crippen LogP contribution in [0.1, 0.15) is 17.0 Å². The van der Waals surface area contributed by atoms with Crippen LogP contribution in [0.15, 0.2) is 28.6 Å². The number of hydrogen-bond donors (Lipinski definition) is 1. The van der Waals surface area contributed by atoms with Crippen molar-refractivity contribution in [2.75, 3.05) is 11.1 Å². The van der Waals surface area contributed by atoms with Crippen molar-refractivity contribution in [1.29, 1.82) is 5.26 Å². The maximum Gasteiger partial charge on any atom is 0.225 e. The monoisotopic (exact) mass is 304 g/mol. The zero-order valence-electron chi connectivity index (χ0n) is 10.8. The maximum atomic E-state index is 11.7. The Hall–Kier alpha value is -1.91. The van der Waals surface area contributed by atoms with Gasteiger partial charge in [-0.25, -0.2) is 0 Å². The van der Waals surface area contributed by atoms with Crippen LogP contribution in [-0.2, 0) is 4.79 Å². The van der Waals surface area contributed by atoms with Crippen molar-refractivity contribution in [3.05, 3.63) is 34.8 Å². The Balaban J connectivity index is 1.76. The maximum absolute atomic E-state index is 11.7. The number of nitrogens with one attached hydrogen (secondary N) is 1. The molecule has 0 bridgehead atoms. The molecule has 1 aromatic heterocycles. The molecule has 5 nitrogen and oxygen atoms in total. The minimum absolute atomic E-state index is 0.0524. The standard InChI is InChI=1S/C13H12N4OS2/c1-9-16-17-13(20-9)19-7-6-12(18)15-11-4-2-10(8-14)3-5-11/h2-5H,6-7H2,1H3,(H,15,18). The van der Waals surface area contributed by atoms with E-state index in [-0.39, 0.29) is 5.91 Å². The first-order valence-electron chi connectivity index (χ1n) is 5.90. The molecule has 0 aliphatic carbocycles. The van der Waals surface area contributed by atoms with Gasteiger partial charge in [-0.05, 0) is 31.2 Å². The average Bonchev–Trinajstić information content (AvgIpc) is 2.85. The van der Waals surface area contributed by atoms with Crippen molar-refractivity contribution in [2.45, 2.75) is 17.7 Å². The number of anilines is 1. The second-order valence-electron chi connectivity index (χ2n) is 3.92. The number of hydrogen-bond acceptors (Lipinski definition) is 6. The summed E-state index contributed by atoms with van der Waals surface area (Å²) >= 11 is 3.05. The van der Waals surface area contributed by atoms with Gasteiger partial charge in [-0.3, -0.25) is 4.79 Å². The Morgan fingerprint density at radius 3 is 2.75 bits per heavy atom. The van der Waals surface area contributed by atoms with E-state index in [2.05, 4.69) is 15.5 Å². The molecular formula is C13H12N4OS2. The molecule has 0 aliphatic heterocycles. The SMILES string of the molecule is Cc1nnc(SCCC(=O)Nc2ccc(C#N)cc2)s1. The van der Waals surface area contributed by atoms with Crippen LogP contribution >= 0.6 is 23.1 Å². The summed E-state index contributed by atoms with van der Waals surface area (Å²) in [5.41, 5.74) is 1.27. The van der Waals surface area contributed by atoms with Crippen LogP contribution < -0.4 is 5.32 Å². The highest BCUT2D eigenvalue weighted by atomic mass is 32.2. The van der Waals surface area contributed by atoms with Gasteiger partial charge in [0, 0.05) is 17.9 Å². The van der Waals surface area contributed by atoms with Crippen molar-refractivity contribution in [3.8, 4) is 6.07 Å². The molecule has 0 unspecified atom stereocenters. The van der Waals surface area contributed by atoms with Crippen LogP contribution in [0.25, 0.3) is 0 Å². The van der Waals surface area contributed by atoms with E-state index in [9.17, 15) is 4.79 Å². The predicted octanol–water partition coefficient (Wildman–Crippen LogP) is 2.84. The van der Waals surface area contributed by atoms with Crippen LogP contribution in [-0.4, -0.2) is 21.9 Å². The van der Waals surface area contributed by atoms with Crippen LogP contribution in [0.4, 0.5) is 5.69 Å². The Labute approximate surface area is 125 Å². The minimum Gasteiger partial charge on any atom is -0.326 e. The molecule has 0 aliphatic rings. The van der Waals surface area contributed by atoms with Crippen LogP contribution in [0.2, 0.25) is 0 Å². The highest BCUT2D eigenvalue weighted by Gasteiger charge is 2.05. The smallest absolute Gasteiger partial charge is 0.225 e. The second kappa shape index (κ2) is 7.03. The number of thioether (sulfide) groups is 1. The van der Waals surface area contributed by atoms with Gasteiger partial charge >= 0.3 is 0 Å². The summed E-state index contributed by atoms with van der Waals surface area (Å²) < 4.78 is 0.883. The van der Waals surface area contributed by atoms with Crippen molar-refractivity contribution < 1.29 is 4.79 Å². The third-order valence-electron chi connectivity index (χ3n) is 2.36. The summed E-state index contributed by atoms with van der Waals surface area (Å²) in [5.74, 6) is 0.611. The molecule has 0 radical (unpaired) electrons. The minimum atomic E-state index is -0.0524. The van der Waals surface area contributed by atoms with Gasteiger partial charge in [0.15, 0.2) is 4.34 Å². The Morgan fingerprint density at radius 1 is 1.40 bits per heavy atom. The van der Waals surface area contributed by atoms with Crippen molar-refractivity contribution >= 4 is 34.7 Å². The fraction of sp³-hybridized carbons (Fsp3) is 0.231. The topological polar surface area (TPSA) is 78.7 Å². The Bertz CT molecular complexity index is 631. The van der Waals surface area contributed by atoms with Gasteiger partial charge in [0.1, 0.15) is 5.01 Å². The van der Waals surface area contributed by atoms with Gasteiger partial charge in [-0.2, -0.15) is 5.26 Å². The molecule has 2 aromatic rings. The van der Waals surface area contributed by atoms with Crippen molar-refractivity contribution in [3.63, 3.8) is 0 Å². The highest BCUT2D eigenvalue weighted by Crippen LogP contribution is 2.22. The summed E-state index contributed by atoms with van der Waals surface area (Å²) in [5, 5.41) is 20.3. The number of carbonyl (C=O) groups excluding carboxylic acids is 1. The predicted molar refractivity (Wildman–Crippen MR) is 79.8 cm³/mol. The quantitative estimate of drug-likeness (QED) is 0.859. The molecule has 20 heavy (non-hydrogen) atoms. The summed E-state index contributed by atoms with van der Waals surface area (Å²) in [4.78, 5) is 11.7. The van der Waals surface area contributed by atoms with Crippen molar-refractivity contribution in [1.82, 2.24) is 10.2 Å². The van der Waals surface area contributed by atoms with E-state index >= 15 is 0 Å². The van der Waals surface area contributed by atoms with Crippen molar-refractivity contribution in [2.24, 2.45) is 0 Å². The highest BCUT2D eigenvalue weighted by molar-refractivity contribution is 8.01. The first-order valence-corrected chi connectivity index (χ1v) is 7.70. The number of aromatic nitrogens is 2. The number of nitriles is 1. The number of rotatable bonds is 5. The zero-order chi connectivity index (χ0) is 14.4. The van der Waals surface area contributed by atoms with E-state index in [1.807, 2.05) is 13.0 Å². The molecule has 1 N–H and O–H groups in total. The van der Waals surface area contributed by atoms with E-state index in [1.54, 1.807) is 24.3 Å². The largest absolute Gasteiger partial charge is 0.326 e. The molecule has 1 heterocycles. The molecule has 0 atom stereocenters. The Kier molecular flexibility index (Phi) is 5.09. The van der Waals surface area contributed by atoms with Gasteiger partial charge in [-0.1, -0.05) is 23.1 Å². The fourth-order valence-electron chi connectivity index (χ4n) is 1.42. The van der Waals surface area contributed by atoms with E-state index in [0.29, 0.717) is 23.4 Å². The van der Waals surface area contributed by atoms with Gasteiger partial charge in [-0.15, -0.1) is 10.2 Å². The molecule has 2 rings (SSSR count). The fourth-order valence-corrected chi connectivity index (χ4v) is 3.24. The summed E-state index contributed by atoms with van der Waals surface area (Å²) in [7, 11) is 0. The van der Waals surface area contributed by atoms with Crippen LogP contribution in [0, 0.1) is 18.3 Å². The van der Waals surface area contributed by atoms with Gasteiger partial charge in [0.25, 0.3) is 0 Å². The molecule has 0 saturated carbocycles. The molecule has 7 heteroatoms. The zero-order valence-corrected chi connectivity index (χ0v) is 12.4. The first-order chi connectivity index (χ1) is 9.67. The summed E-state index contributed by atoms with van der Waals surface area (Å²) in [6, 6.07) is 8.82. The summed E-state index contributed by atoms with van der Waals surface area (Å²) in [6.45, 7) is 1.90. The van der Waals surface area contributed by atoms with Crippen LogP contribution in [0.5, 0.6) is 0 Å². The molecule has 0 spiro atoms. The van der Waals surface area contributed by atoms with E-state index in [0.717, 1.165) is 9.35 Å². The molecule has 0 saturated heterocycles. The molecular weight excluding hydrogens is 292 g/mol. The molecule has 0 fully saturated rings. The average molecular weight is 304 g/mol. The van der Waals surface area contributed by atoms with Crippen LogP contribution in [0.3, 0.4) is 0 Å². The number of benzene rings is 1.